The molecule has 6 aliphatic heterocycles. The average Bonchev–Trinajstić information content (AvgIpc) is 3.96. The summed E-state index contributed by atoms with van der Waals surface area (Å²) in [5.41, 5.74) is 6.26. The van der Waals surface area contributed by atoms with E-state index in [1.165, 1.54) is 19.3 Å². The van der Waals surface area contributed by atoms with Crippen LogP contribution in [-0.2, 0) is 29.4 Å². The molecule has 0 bridgehead atoms. The van der Waals surface area contributed by atoms with Crippen LogP contribution in [0.15, 0.2) is 48.9 Å². The topological polar surface area (TPSA) is 169 Å². The fourth-order valence-electron chi connectivity index (χ4n) is 14.9. The number of imide groups is 1. The number of nitrogens with zero attached hydrogens (tertiary/aromatic N) is 9. The fourth-order valence-corrected chi connectivity index (χ4v) is 14.9. The van der Waals surface area contributed by atoms with Crippen molar-refractivity contribution in [2.75, 3.05) is 67.5 Å². The van der Waals surface area contributed by atoms with Gasteiger partial charge in [0.05, 0.1) is 28.9 Å². The van der Waals surface area contributed by atoms with E-state index in [0.717, 1.165) is 161 Å². The first-order valence-corrected chi connectivity index (χ1v) is 28.9. The number of anilines is 3. The molecule has 16 nitrogen and oxygen atoms in total. The smallest absolute Gasteiger partial charge is 0.238 e. The number of likely N-dealkylation sites (tertiary alicyclic amines) is 3. The number of aromatic nitrogens is 4. The standard InChI is InChI=1S/C59H75N11O5/c1-37(2)69-36-61-48-33-47(63-53(52(48)69)62-42-8-9-42)39-6-11-46-49(30-39)70(44-31-43(32-44)65-22-4-3-5-23-65)57(75)59(46)20-28-68(29-21-59)56(74)40-14-17-58(34-40)18-26-67(27-19-58)55(73)38-15-24-66(25-16-38)50-12-7-41(35-60-50)45-10-13-51(71)64-54(45)72/h6-7,11-12,30,33,35-38,40,42-45H,3-5,8-10,13-29,31-32,34H2,1-2H3,(H,62,63)(H,64,71,72)/t40?,43?,44?,45-/m1/s1. The number of hydrogen-bond acceptors (Lipinski definition) is 11. The summed E-state index contributed by atoms with van der Waals surface area (Å²) in [6.07, 6.45) is 20.2. The highest BCUT2D eigenvalue weighted by molar-refractivity contribution is 6.09. The molecule has 9 heterocycles. The number of piperidine rings is 5. The van der Waals surface area contributed by atoms with Crippen molar-refractivity contribution in [2.45, 2.75) is 165 Å². The number of carbonyl (C=O) groups is 5. The second kappa shape index (κ2) is 19.3. The van der Waals surface area contributed by atoms with Crippen LogP contribution in [0.25, 0.3) is 22.3 Å². The van der Waals surface area contributed by atoms with Crippen LogP contribution < -0.4 is 20.4 Å². The highest BCUT2D eigenvalue weighted by Crippen LogP contribution is 2.54. The molecule has 75 heavy (non-hydrogen) atoms. The molecule has 3 aromatic heterocycles. The molecule has 3 aliphatic carbocycles. The fraction of sp³-hybridized carbons (Fsp3) is 0.627. The molecule has 5 amide bonds. The van der Waals surface area contributed by atoms with Gasteiger partial charge in [0, 0.05) is 99.1 Å². The first kappa shape index (κ1) is 48.7. The van der Waals surface area contributed by atoms with Crippen molar-refractivity contribution in [1.29, 1.82) is 0 Å². The number of rotatable bonds is 10. The van der Waals surface area contributed by atoms with Crippen LogP contribution in [0.5, 0.6) is 0 Å². The average molecular weight is 1020 g/mol. The maximum Gasteiger partial charge on any atom is 0.238 e. The zero-order valence-corrected chi connectivity index (χ0v) is 44.1. The first-order valence-electron chi connectivity index (χ1n) is 28.9. The molecule has 4 aromatic rings. The maximum atomic E-state index is 15.3. The maximum absolute atomic E-state index is 15.3. The summed E-state index contributed by atoms with van der Waals surface area (Å²) in [6, 6.07) is 14.0. The third kappa shape index (κ3) is 8.88. The molecule has 5 saturated heterocycles. The second-order valence-corrected chi connectivity index (χ2v) is 24.6. The van der Waals surface area contributed by atoms with Crippen molar-refractivity contribution in [3.63, 3.8) is 0 Å². The normalized spacial score (nSPS) is 27.1. The Bertz CT molecular complexity index is 2880. The summed E-state index contributed by atoms with van der Waals surface area (Å²) in [4.78, 5) is 93.9. The third-order valence-electron chi connectivity index (χ3n) is 19.8. The SMILES string of the molecule is CC(C)n1cnc2cc(-c3ccc4c(c3)N(C3CC(N5CCCCC5)C3)C(=O)C43CCN(C(=O)C4CCC5(CCN(C(=O)C6CCN(c7ccc([C@H]8CCC(=O)NC8=O)cn7)CC6)CC5)C4)CC3)nc(NC3CC3)c21. The number of fused-ring (bicyclic) bond motifs is 3. The summed E-state index contributed by atoms with van der Waals surface area (Å²) in [5, 5.41) is 6.15. The van der Waals surface area contributed by atoms with Gasteiger partial charge < -0.3 is 34.4 Å². The van der Waals surface area contributed by atoms with E-state index < -0.39 is 5.41 Å². The van der Waals surface area contributed by atoms with Gasteiger partial charge >= 0.3 is 0 Å². The van der Waals surface area contributed by atoms with E-state index in [1.54, 1.807) is 6.20 Å². The van der Waals surface area contributed by atoms with Crippen LogP contribution in [0.2, 0.25) is 0 Å². The van der Waals surface area contributed by atoms with Crippen molar-refractivity contribution in [2.24, 2.45) is 17.3 Å². The Morgan fingerprint density at radius 1 is 0.747 bits per heavy atom. The molecule has 3 saturated carbocycles. The Morgan fingerprint density at radius 2 is 1.48 bits per heavy atom. The van der Waals surface area contributed by atoms with E-state index >= 15 is 4.79 Å². The van der Waals surface area contributed by atoms with Crippen molar-refractivity contribution in [1.82, 2.24) is 39.5 Å². The van der Waals surface area contributed by atoms with Crippen molar-refractivity contribution >= 4 is 57.9 Å². The molecule has 8 fully saturated rings. The number of amides is 5. The van der Waals surface area contributed by atoms with E-state index in [4.69, 9.17) is 9.97 Å². The Labute approximate surface area is 440 Å². The largest absolute Gasteiger partial charge is 0.366 e. The van der Waals surface area contributed by atoms with Gasteiger partial charge in [-0.15, -0.1) is 0 Å². The molecule has 1 aromatic carbocycles. The van der Waals surface area contributed by atoms with Gasteiger partial charge in [-0.3, -0.25) is 29.3 Å². The summed E-state index contributed by atoms with van der Waals surface area (Å²) >= 11 is 0. The van der Waals surface area contributed by atoms with Gasteiger partial charge in [0.25, 0.3) is 0 Å². The molecule has 0 radical (unpaired) electrons. The molecule has 1 unspecified atom stereocenters. The predicted molar refractivity (Wildman–Crippen MR) is 287 cm³/mol. The highest BCUT2D eigenvalue weighted by Gasteiger charge is 2.56. The van der Waals surface area contributed by atoms with E-state index in [2.05, 4.69) is 82.8 Å². The minimum absolute atomic E-state index is 0.00762. The van der Waals surface area contributed by atoms with Crippen LogP contribution in [0.1, 0.15) is 153 Å². The van der Waals surface area contributed by atoms with Gasteiger partial charge in [0.1, 0.15) is 11.3 Å². The van der Waals surface area contributed by atoms with Crippen LogP contribution >= 0.6 is 0 Å². The van der Waals surface area contributed by atoms with Gasteiger partial charge in [0.15, 0.2) is 5.82 Å². The lowest BCUT2D eigenvalue weighted by Gasteiger charge is -2.48. The summed E-state index contributed by atoms with van der Waals surface area (Å²) in [5.74, 6) is 1.62. The lowest BCUT2D eigenvalue weighted by Crippen LogP contribution is -2.58. The van der Waals surface area contributed by atoms with Crippen LogP contribution in [0.3, 0.4) is 0 Å². The van der Waals surface area contributed by atoms with Gasteiger partial charge in [-0.25, -0.2) is 15.0 Å². The number of hydrogen-bond donors (Lipinski definition) is 2. The number of benzene rings is 1. The lowest BCUT2D eigenvalue weighted by molar-refractivity contribution is -0.140. The molecule has 2 spiro atoms. The van der Waals surface area contributed by atoms with E-state index in [1.807, 2.05) is 18.5 Å². The molecular weight excluding hydrogens is 943 g/mol. The van der Waals surface area contributed by atoms with Gasteiger partial charge in [-0.1, -0.05) is 24.6 Å². The van der Waals surface area contributed by atoms with Crippen LogP contribution in [0.4, 0.5) is 17.3 Å². The third-order valence-corrected chi connectivity index (χ3v) is 19.8. The monoisotopic (exact) mass is 1020 g/mol. The van der Waals surface area contributed by atoms with E-state index in [-0.39, 0.29) is 64.8 Å². The van der Waals surface area contributed by atoms with Gasteiger partial charge in [0.2, 0.25) is 29.5 Å². The Morgan fingerprint density at radius 3 is 2.17 bits per heavy atom. The first-order chi connectivity index (χ1) is 36.4. The van der Waals surface area contributed by atoms with Crippen LogP contribution in [-0.4, -0.2) is 134 Å². The van der Waals surface area contributed by atoms with Crippen molar-refractivity contribution in [3.8, 4) is 11.3 Å². The predicted octanol–water partition coefficient (Wildman–Crippen LogP) is 7.72. The second-order valence-electron chi connectivity index (χ2n) is 24.6. The van der Waals surface area contributed by atoms with Gasteiger partial charge in [-0.2, -0.15) is 0 Å². The van der Waals surface area contributed by atoms with Crippen molar-refractivity contribution in [3.05, 3.63) is 60.0 Å². The number of pyridine rings is 2. The quantitative estimate of drug-likeness (QED) is 0.149. The Hall–Kier alpha value is -5.90. The molecule has 2 N–H and O–H groups in total. The zero-order chi connectivity index (χ0) is 51.2. The summed E-state index contributed by atoms with van der Waals surface area (Å²) in [7, 11) is 0. The summed E-state index contributed by atoms with van der Waals surface area (Å²) < 4.78 is 2.21. The van der Waals surface area contributed by atoms with E-state index in [0.29, 0.717) is 50.9 Å². The zero-order valence-electron chi connectivity index (χ0n) is 44.1. The summed E-state index contributed by atoms with van der Waals surface area (Å²) in [6.45, 7) is 10.9. The Kier molecular flexibility index (Phi) is 12.5. The molecule has 16 heteroatoms. The number of carbonyl (C=O) groups excluding carboxylic acids is 5. The minimum atomic E-state index is -0.651. The molecular formula is C59H75N11O5. The molecule has 396 valence electrons. The number of imidazole rings is 1. The highest BCUT2D eigenvalue weighted by atomic mass is 16.2. The molecule has 2 atom stereocenters. The van der Waals surface area contributed by atoms with Gasteiger partial charge in [-0.05, 0) is 164 Å². The minimum Gasteiger partial charge on any atom is -0.366 e. The molecule has 13 rings (SSSR count). The lowest BCUT2D eigenvalue weighted by atomic mass is 9.73. The number of nitrogens with one attached hydrogen (secondary N) is 2. The molecule has 9 aliphatic rings. The van der Waals surface area contributed by atoms with Crippen LogP contribution in [0, 0.1) is 17.3 Å². The van der Waals surface area contributed by atoms with Crippen molar-refractivity contribution < 1.29 is 24.0 Å². The Balaban J connectivity index is 0.646. The van der Waals surface area contributed by atoms with E-state index in [9.17, 15) is 19.2 Å².